The summed E-state index contributed by atoms with van der Waals surface area (Å²) < 4.78 is 30.3. The topological polar surface area (TPSA) is 85.8 Å². The minimum absolute atomic E-state index is 0.00817. The zero-order chi connectivity index (χ0) is 23.6. The molecule has 2 heterocycles. The van der Waals surface area contributed by atoms with E-state index in [1.54, 1.807) is 25.3 Å². The Morgan fingerprint density at radius 3 is 2.79 bits per heavy atom. The summed E-state index contributed by atoms with van der Waals surface area (Å²) in [7, 11) is 1.55. The number of aromatic nitrogens is 2. The van der Waals surface area contributed by atoms with E-state index in [-0.39, 0.29) is 17.5 Å². The smallest absolute Gasteiger partial charge is 0.320 e. The second-order valence-electron chi connectivity index (χ2n) is 8.29. The number of morpholine rings is 1. The molecular weight excluding hydrogens is 451 g/mol. The van der Waals surface area contributed by atoms with Gasteiger partial charge in [-0.1, -0.05) is 11.6 Å². The van der Waals surface area contributed by atoms with Crippen molar-refractivity contribution >= 4 is 40.0 Å². The van der Waals surface area contributed by atoms with Crippen molar-refractivity contribution in [3.63, 3.8) is 0 Å². The summed E-state index contributed by atoms with van der Waals surface area (Å²) in [5.74, 6) is 0.800. The summed E-state index contributed by atoms with van der Waals surface area (Å²) >= 11 is 5.89. The first-order valence-electron chi connectivity index (χ1n) is 10.4. The van der Waals surface area contributed by atoms with Crippen LogP contribution in [0.25, 0.3) is 10.9 Å². The molecular formula is C23H24ClFN4O4. The molecule has 1 N–H and O–H groups in total. The Balaban J connectivity index is 1.54. The van der Waals surface area contributed by atoms with Gasteiger partial charge in [0.15, 0.2) is 11.5 Å². The van der Waals surface area contributed by atoms with Crippen molar-refractivity contribution in [3.05, 3.63) is 47.5 Å². The van der Waals surface area contributed by atoms with Gasteiger partial charge in [-0.2, -0.15) is 0 Å². The van der Waals surface area contributed by atoms with Gasteiger partial charge in [-0.05, 0) is 38.1 Å². The molecule has 1 aliphatic rings. The van der Waals surface area contributed by atoms with Crippen molar-refractivity contribution in [3.8, 4) is 11.5 Å². The van der Waals surface area contributed by atoms with E-state index in [4.69, 9.17) is 25.8 Å². The number of ether oxygens (including phenoxy) is 3. The molecule has 4 rings (SSSR count). The zero-order valence-corrected chi connectivity index (χ0v) is 19.3. The fourth-order valence-electron chi connectivity index (χ4n) is 3.74. The molecule has 0 spiro atoms. The van der Waals surface area contributed by atoms with Gasteiger partial charge < -0.3 is 19.5 Å². The molecule has 8 nitrogen and oxygen atoms in total. The molecule has 0 amide bonds. The van der Waals surface area contributed by atoms with Crippen LogP contribution >= 0.6 is 11.6 Å². The maximum Gasteiger partial charge on any atom is 0.320 e. The molecule has 10 heteroatoms. The number of halogens is 2. The van der Waals surface area contributed by atoms with Gasteiger partial charge in [0.2, 0.25) is 0 Å². The Bertz CT molecular complexity index is 1190. The van der Waals surface area contributed by atoms with Gasteiger partial charge in [-0.15, -0.1) is 0 Å². The van der Waals surface area contributed by atoms with Crippen molar-refractivity contribution in [1.82, 2.24) is 14.9 Å². The predicted octanol–water partition coefficient (Wildman–Crippen LogP) is 4.19. The molecule has 0 unspecified atom stereocenters. The average molecular weight is 475 g/mol. The molecule has 0 bridgehead atoms. The van der Waals surface area contributed by atoms with Crippen LogP contribution in [0.5, 0.6) is 11.5 Å². The van der Waals surface area contributed by atoms with Crippen LogP contribution in [0.3, 0.4) is 0 Å². The number of carbonyl (C=O) groups is 1. The van der Waals surface area contributed by atoms with Gasteiger partial charge in [0.05, 0.1) is 24.2 Å². The summed E-state index contributed by atoms with van der Waals surface area (Å²) in [5, 5.41) is 3.84. The monoisotopic (exact) mass is 474 g/mol. The second-order valence-corrected chi connectivity index (χ2v) is 8.70. The van der Waals surface area contributed by atoms with Gasteiger partial charge in [-0.3, -0.25) is 9.69 Å². The second kappa shape index (κ2) is 9.36. The van der Waals surface area contributed by atoms with Gasteiger partial charge in [-0.25, -0.2) is 14.4 Å². The van der Waals surface area contributed by atoms with E-state index in [9.17, 15) is 9.18 Å². The SMILES string of the molecule is COc1cc2ncnc(Nc3ccc(F)c(Cl)c3)c2cc1OCCN1CC(=O)OC(C)(C)C1. The van der Waals surface area contributed by atoms with Crippen LogP contribution < -0.4 is 14.8 Å². The third-order valence-electron chi connectivity index (χ3n) is 5.12. The van der Waals surface area contributed by atoms with Gasteiger partial charge in [0.25, 0.3) is 0 Å². The molecule has 33 heavy (non-hydrogen) atoms. The van der Waals surface area contributed by atoms with Crippen LogP contribution in [0.1, 0.15) is 13.8 Å². The molecule has 174 valence electrons. The lowest BCUT2D eigenvalue weighted by Gasteiger charge is -2.37. The number of rotatable bonds is 7. The highest BCUT2D eigenvalue weighted by Gasteiger charge is 2.32. The number of nitrogens with one attached hydrogen (secondary N) is 1. The van der Waals surface area contributed by atoms with E-state index in [1.165, 1.54) is 18.5 Å². The number of nitrogens with zero attached hydrogens (tertiary/aromatic N) is 3. The number of hydrogen-bond donors (Lipinski definition) is 1. The number of benzene rings is 2. The lowest BCUT2D eigenvalue weighted by atomic mass is 10.1. The largest absolute Gasteiger partial charge is 0.493 e. The van der Waals surface area contributed by atoms with Crippen molar-refractivity contribution in [2.45, 2.75) is 19.4 Å². The molecule has 1 saturated heterocycles. The van der Waals surface area contributed by atoms with Crippen LogP contribution in [-0.4, -0.2) is 59.8 Å². The first-order chi connectivity index (χ1) is 15.7. The van der Waals surface area contributed by atoms with E-state index in [2.05, 4.69) is 15.3 Å². The molecule has 0 radical (unpaired) electrons. The van der Waals surface area contributed by atoms with Gasteiger partial charge in [0.1, 0.15) is 30.2 Å². The molecule has 1 fully saturated rings. The molecule has 1 aromatic heterocycles. The Morgan fingerprint density at radius 2 is 2.06 bits per heavy atom. The fraction of sp³-hybridized carbons (Fsp3) is 0.348. The minimum Gasteiger partial charge on any atom is -0.493 e. The Labute approximate surface area is 195 Å². The van der Waals surface area contributed by atoms with E-state index in [0.29, 0.717) is 53.6 Å². The predicted molar refractivity (Wildman–Crippen MR) is 123 cm³/mol. The Hall–Kier alpha value is -3.17. The fourth-order valence-corrected chi connectivity index (χ4v) is 3.92. The number of fused-ring (bicyclic) bond motifs is 1. The Kier molecular flexibility index (Phi) is 6.53. The minimum atomic E-state index is -0.531. The number of carbonyl (C=O) groups excluding carboxylic acids is 1. The maximum absolute atomic E-state index is 13.5. The molecule has 3 aromatic rings. The maximum atomic E-state index is 13.5. The van der Waals surface area contributed by atoms with Gasteiger partial charge in [0, 0.05) is 30.2 Å². The molecule has 0 atom stereocenters. The van der Waals surface area contributed by atoms with Crippen LogP contribution in [0.15, 0.2) is 36.7 Å². The molecule has 0 saturated carbocycles. The first-order valence-corrected chi connectivity index (χ1v) is 10.7. The van der Waals surface area contributed by atoms with Crippen molar-refractivity contribution in [1.29, 1.82) is 0 Å². The van der Waals surface area contributed by atoms with E-state index < -0.39 is 11.4 Å². The first kappa shape index (κ1) is 23.0. The number of cyclic esters (lactones) is 1. The van der Waals surface area contributed by atoms with Crippen molar-refractivity contribution in [2.75, 3.05) is 38.7 Å². The summed E-state index contributed by atoms with van der Waals surface area (Å²) in [4.78, 5) is 22.4. The number of hydrogen-bond acceptors (Lipinski definition) is 8. The van der Waals surface area contributed by atoms with Crippen LogP contribution in [0.4, 0.5) is 15.9 Å². The zero-order valence-electron chi connectivity index (χ0n) is 18.5. The van der Waals surface area contributed by atoms with E-state index in [0.717, 1.165) is 0 Å². The van der Waals surface area contributed by atoms with E-state index >= 15 is 0 Å². The molecule has 0 aliphatic carbocycles. The van der Waals surface area contributed by atoms with Crippen LogP contribution in [0.2, 0.25) is 5.02 Å². The van der Waals surface area contributed by atoms with Crippen molar-refractivity contribution in [2.24, 2.45) is 0 Å². The standard InChI is InChI=1S/C23H24ClFN4O4/c1-23(2)12-29(11-21(30)33-23)6-7-32-20-9-15-18(10-19(20)31-3)26-13-27-22(15)28-14-4-5-17(25)16(24)8-14/h4-5,8-10,13H,6-7,11-12H2,1-3H3,(H,26,27,28). The van der Waals surface area contributed by atoms with Crippen LogP contribution in [0, 0.1) is 5.82 Å². The normalized spacial score (nSPS) is 15.8. The highest BCUT2D eigenvalue weighted by Crippen LogP contribution is 2.35. The quantitative estimate of drug-likeness (QED) is 0.510. The summed E-state index contributed by atoms with van der Waals surface area (Å²) in [6.07, 6.45) is 1.42. The summed E-state index contributed by atoms with van der Waals surface area (Å²) in [5.41, 5.74) is 0.696. The third-order valence-corrected chi connectivity index (χ3v) is 5.41. The molecule has 1 aliphatic heterocycles. The number of anilines is 2. The summed E-state index contributed by atoms with van der Waals surface area (Å²) in [6, 6.07) is 7.88. The number of methoxy groups -OCH3 is 1. The van der Waals surface area contributed by atoms with Gasteiger partial charge >= 0.3 is 5.97 Å². The Morgan fingerprint density at radius 1 is 1.24 bits per heavy atom. The highest BCUT2D eigenvalue weighted by atomic mass is 35.5. The molecule has 2 aromatic carbocycles. The lowest BCUT2D eigenvalue weighted by molar-refractivity contribution is -0.169. The highest BCUT2D eigenvalue weighted by molar-refractivity contribution is 6.31. The van der Waals surface area contributed by atoms with Crippen molar-refractivity contribution < 1.29 is 23.4 Å². The lowest BCUT2D eigenvalue weighted by Crippen LogP contribution is -2.51. The average Bonchev–Trinajstić information content (AvgIpc) is 2.75. The number of esters is 1. The van der Waals surface area contributed by atoms with E-state index in [1.807, 2.05) is 18.7 Å². The third kappa shape index (κ3) is 5.43. The van der Waals surface area contributed by atoms with Crippen LogP contribution in [-0.2, 0) is 9.53 Å². The summed E-state index contributed by atoms with van der Waals surface area (Å²) in [6.45, 7) is 5.50.